The van der Waals surface area contributed by atoms with Crippen LogP contribution in [0, 0.1) is 5.41 Å². The summed E-state index contributed by atoms with van der Waals surface area (Å²) < 4.78 is 0. The van der Waals surface area contributed by atoms with E-state index in [9.17, 15) is 0 Å². The zero-order chi connectivity index (χ0) is 13.4. The van der Waals surface area contributed by atoms with E-state index in [4.69, 9.17) is 5.73 Å². The Morgan fingerprint density at radius 3 is 2.39 bits per heavy atom. The SMILES string of the molecule is CN(C)C1CCN(C2(CN)CCCCC2(C)C)C1. The van der Waals surface area contributed by atoms with E-state index in [0.717, 1.165) is 6.54 Å². The quantitative estimate of drug-likeness (QED) is 0.834. The third kappa shape index (κ3) is 2.21. The normalized spacial score (nSPS) is 37.3. The second-order valence-electron chi connectivity index (χ2n) is 7.18. The van der Waals surface area contributed by atoms with E-state index in [1.54, 1.807) is 0 Å². The molecule has 3 heteroatoms. The fraction of sp³-hybridized carbons (Fsp3) is 1.00. The van der Waals surface area contributed by atoms with Gasteiger partial charge >= 0.3 is 0 Å². The summed E-state index contributed by atoms with van der Waals surface area (Å²) in [6, 6.07) is 0.714. The summed E-state index contributed by atoms with van der Waals surface area (Å²) in [5, 5.41) is 0. The smallest absolute Gasteiger partial charge is 0.0383 e. The van der Waals surface area contributed by atoms with E-state index in [2.05, 4.69) is 37.7 Å². The third-order valence-corrected chi connectivity index (χ3v) is 5.74. The van der Waals surface area contributed by atoms with E-state index >= 15 is 0 Å². The molecule has 2 aliphatic rings. The van der Waals surface area contributed by atoms with Crippen LogP contribution in [-0.2, 0) is 0 Å². The van der Waals surface area contributed by atoms with Crippen LogP contribution in [0.25, 0.3) is 0 Å². The zero-order valence-electron chi connectivity index (χ0n) is 12.7. The Morgan fingerprint density at radius 2 is 1.89 bits per heavy atom. The van der Waals surface area contributed by atoms with Crippen LogP contribution in [0.4, 0.5) is 0 Å². The van der Waals surface area contributed by atoms with Crippen molar-refractivity contribution in [3.8, 4) is 0 Å². The molecule has 0 radical (unpaired) electrons. The highest BCUT2D eigenvalue weighted by Crippen LogP contribution is 2.48. The van der Waals surface area contributed by atoms with E-state index in [-0.39, 0.29) is 5.54 Å². The predicted molar refractivity (Wildman–Crippen MR) is 77.7 cm³/mol. The first kappa shape index (κ1) is 14.3. The summed E-state index contributed by atoms with van der Waals surface area (Å²) in [6.07, 6.45) is 6.64. The van der Waals surface area contributed by atoms with Crippen molar-refractivity contribution in [1.29, 1.82) is 0 Å². The van der Waals surface area contributed by atoms with E-state index in [1.807, 2.05) is 0 Å². The second-order valence-corrected chi connectivity index (χ2v) is 7.18. The molecule has 2 rings (SSSR count). The van der Waals surface area contributed by atoms with Gasteiger partial charge in [0.25, 0.3) is 0 Å². The molecule has 0 aromatic rings. The van der Waals surface area contributed by atoms with Gasteiger partial charge in [0, 0.05) is 31.2 Å². The largest absolute Gasteiger partial charge is 0.329 e. The molecule has 0 spiro atoms. The van der Waals surface area contributed by atoms with Crippen LogP contribution in [0.2, 0.25) is 0 Å². The standard InChI is InChI=1S/C15H31N3/c1-14(2)8-5-6-9-15(14,12-16)18-10-7-13(11-18)17(3)4/h13H,5-12,16H2,1-4H3. The first-order chi connectivity index (χ1) is 8.43. The molecular weight excluding hydrogens is 222 g/mol. The molecule has 2 atom stereocenters. The van der Waals surface area contributed by atoms with Crippen LogP contribution in [0.1, 0.15) is 46.0 Å². The van der Waals surface area contributed by atoms with E-state index in [1.165, 1.54) is 45.2 Å². The van der Waals surface area contributed by atoms with Crippen LogP contribution >= 0.6 is 0 Å². The number of nitrogens with two attached hydrogens (primary N) is 1. The van der Waals surface area contributed by atoms with Crippen LogP contribution in [0.15, 0.2) is 0 Å². The van der Waals surface area contributed by atoms with Gasteiger partial charge in [0.2, 0.25) is 0 Å². The van der Waals surface area contributed by atoms with Crippen molar-refractivity contribution < 1.29 is 0 Å². The van der Waals surface area contributed by atoms with Crippen molar-refractivity contribution in [2.75, 3.05) is 33.7 Å². The van der Waals surface area contributed by atoms with Gasteiger partial charge < -0.3 is 10.6 Å². The minimum Gasteiger partial charge on any atom is -0.329 e. The summed E-state index contributed by atoms with van der Waals surface area (Å²) >= 11 is 0. The van der Waals surface area contributed by atoms with Crippen molar-refractivity contribution in [3.63, 3.8) is 0 Å². The molecule has 0 aromatic heterocycles. The highest BCUT2D eigenvalue weighted by atomic mass is 15.3. The minimum atomic E-state index is 0.246. The summed E-state index contributed by atoms with van der Waals surface area (Å²) in [7, 11) is 4.41. The third-order valence-electron chi connectivity index (χ3n) is 5.74. The monoisotopic (exact) mass is 253 g/mol. The molecule has 3 nitrogen and oxygen atoms in total. The van der Waals surface area contributed by atoms with Gasteiger partial charge in [-0.1, -0.05) is 26.7 Å². The van der Waals surface area contributed by atoms with Gasteiger partial charge in [-0.05, 0) is 38.8 Å². The van der Waals surface area contributed by atoms with Crippen LogP contribution in [0.5, 0.6) is 0 Å². The second kappa shape index (κ2) is 5.10. The van der Waals surface area contributed by atoms with Crippen molar-refractivity contribution in [3.05, 3.63) is 0 Å². The Hall–Kier alpha value is -0.120. The molecule has 1 saturated heterocycles. The Balaban J connectivity index is 2.17. The van der Waals surface area contributed by atoms with Gasteiger partial charge in [-0.2, -0.15) is 0 Å². The van der Waals surface area contributed by atoms with Crippen molar-refractivity contribution >= 4 is 0 Å². The van der Waals surface area contributed by atoms with Gasteiger partial charge in [-0.25, -0.2) is 0 Å². The number of rotatable bonds is 3. The predicted octanol–water partition coefficient (Wildman–Crippen LogP) is 1.92. The Bertz CT molecular complexity index is 287. The number of likely N-dealkylation sites (tertiary alicyclic amines) is 1. The first-order valence-corrected chi connectivity index (χ1v) is 7.54. The van der Waals surface area contributed by atoms with Gasteiger partial charge in [0.1, 0.15) is 0 Å². The lowest BCUT2D eigenvalue weighted by atomic mass is 9.62. The summed E-state index contributed by atoms with van der Waals surface area (Å²) in [4.78, 5) is 5.09. The topological polar surface area (TPSA) is 32.5 Å². The van der Waals surface area contributed by atoms with Gasteiger partial charge in [-0.3, -0.25) is 4.90 Å². The van der Waals surface area contributed by atoms with Crippen LogP contribution in [-0.4, -0.2) is 55.1 Å². The maximum absolute atomic E-state index is 6.26. The molecule has 1 aliphatic heterocycles. The van der Waals surface area contributed by atoms with Crippen molar-refractivity contribution in [1.82, 2.24) is 9.80 Å². The fourth-order valence-electron chi connectivity index (χ4n) is 4.20. The summed E-state index contributed by atoms with van der Waals surface area (Å²) in [6.45, 7) is 8.11. The molecule has 0 amide bonds. The molecule has 1 saturated carbocycles. The molecule has 1 aliphatic carbocycles. The minimum absolute atomic E-state index is 0.246. The molecule has 2 unspecified atom stereocenters. The number of nitrogens with zero attached hydrogens (tertiary/aromatic N) is 2. The summed E-state index contributed by atoms with van der Waals surface area (Å²) in [5.74, 6) is 0. The Morgan fingerprint density at radius 1 is 1.22 bits per heavy atom. The van der Waals surface area contributed by atoms with Crippen LogP contribution < -0.4 is 5.73 Å². The molecule has 2 fully saturated rings. The van der Waals surface area contributed by atoms with E-state index < -0.39 is 0 Å². The highest BCUT2D eigenvalue weighted by Gasteiger charge is 2.51. The molecule has 106 valence electrons. The van der Waals surface area contributed by atoms with Crippen molar-refractivity contribution in [2.45, 2.75) is 57.5 Å². The molecular formula is C15H31N3. The number of hydrogen-bond donors (Lipinski definition) is 1. The Kier molecular flexibility index (Phi) is 4.05. The maximum atomic E-state index is 6.26. The van der Waals surface area contributed by atoms with Gasteiger partial charge in [0.15, 0.2) is 0 Å². The first-order valence-electron chi connectivity index (χ1n) is 7.54. The van der Waals surface area contributed by atoms with Gasteiger partial charge in [0.05, 0.1) is 0 Å². The average molecular weight is 253 g/mol. The zero-order valence-corrected chi connectivity index (χ0v) is 12.7. The van der Waals surface area contributed by atoms with Gasteiger partial charge in [-0.15, -0.1) is 0 Å². The van der Waals surface area contributed by atoms with Crippen LogP contribution in [0.3, 0.4) is 0 Å². The summed E-state index contributed by atoms with van der Waals surface area (Å²) in [5.41, 5.74) is 6.87. The average Bonchev–Trinajstić information content (AvgIpc) is 2.79. The number of likely N-dealkylation sites (N-methyl/N-ethyl adjacent to an activating group) is 1. The lowest BCUT2D eigenvalue weighted by Gasteiger charge is -2.55. The molecule has 18 heavy (non-hydrogen) atoms. The fourth-order valence-corrected chi connectivity index (χ4v) is 4.20. The molecule has 0 aromatic carbocycles. The van der Waals surface area contributed by atoms with Crippen molar-refractivity contribution in [2.24, 2.45) is 11.1 Å². The molecule has 0 bridgehead atoms. The highest BCUT2D eigenvalue weighted by molar-refractivity contribution is 5.07. The Labute approximate surface area is 113 Å². The number of hydrogen-bond acceptors (Lipinski definition) is 3. The lowest BCUT2D eigenvalue weighted by molar-refractivity contribution is -0.0331. The molecule has 2 N–H and O–H groups in total. The lowest BCUT2D eigenvalue weighted by Crippen LogP contribution is -2.63. The maximum Gasteiger partial charge on any atom is 0.0383 e. The van der Waals surface area contributed by atoms with E-state index in [0.29, 0.717) is 11.5 Å². The molecule has 1 heterocycles.